The third-order valence-electron chi connectivity index (χ3n) is 2.38. The van der Waals surface area contributed by atoms with Crippen LogP contribution in [0.15, 0.2) is 18.8 Å². The number of alkyl carbamates (subject to hydrolysis) is 1. The zero-order valence-corrected chi connectivity index (χ0v) is 12.8. The van der Waals surface area contributed by atoms with E-state index in [1.807, 2.05) is 0 Å². The molecule has 5 nitrogen and oxygen atoms in total. The summed E-state index contributed by atoms with van der Waals surface area (Å²) < 4.78 is 24.5. The van der Waals surface area contributed by atoms with E-state index < -0.39 is 17.5 Å². The molecule has 6 heteroatoms. The Labute approximate surface area is 124 Å². The van der Waals surface area contributed by atoms with Gasteiger partial charge in [-0.1, -0.05) is 6.58 Å². The molecule has 0 saturated heterocycles. The number of ether oxygens (including phenoxy) is 2. The highest BCUT2D eigenvalue weighted by Gasteiger charge is 2.17. The molecule has 0 aromatic carbocycles. The van der Waals surface area contributed by atoms with E-state index in [0.29, 0.717) is 6.61 Å². The maximum Gasteiger partial charge on any atom is 0.407 e. The molecule has 0 unspecified atom stereocenters. The molecule has 1 aromatic rings. The number of hydrogen-bond acceptors (Lipinski definition) is 4. The minimum absolute atomic E-state index is 0.0754. The molecule has 0 aliphatic carbocycles. The van der Waals surface area contributed by atoms with E-state index in [0.717, 1.165) is 0 Å². The topological polar surface area (TPSA) is 60.5 Å². The van der Waals surface area contributed by atoms with Gasteiger partial charge in [-0.25, -0.2) is 9.18 Å². The summed E-state index contributed by atoms with van der Waals surface area (Å²) in [6, 6.07) is 1.48. The van der Waals surface area contributed by atoms with Crippen molar-refractivity contribution in [1.29, 1.82) is 0 Å². The van der Waals surface area contributed by atoms with Gasteiger partial charge in [0.1, 0.15) is 11.4 Å². The van der Waals surface area contributed by atoms with Gasteiger partial charge in [0.25, 0.3) is 0 Å². The van der Waals surface area contributed by atoms with Crippen LogP contribution < -0.4 is 5.32 Å². The quantitative estimate of drug-likeness (QED) is 0.847. The molecular formula is C15H21FN2O3. The minimum atomic E-state index is -0.627. The normalized spacial score (nSPS) is 10.9. The van der Waals surface area contributed by atoms with Crippen LogP contribution in [0.1, 0.15) is 39.0 Å². The Bertz CT molecular complexity index is 524. The average Bonchev–Trinajstić information content (AvgIpc) is 2.35. The lowest BCUT2D eigenvalue weighted by Crippen LogP contribution is -2.32. The molecule has 1 rings (SSSR count). The van der Waals surface area contributed by atoms with Crippen molar-refractivity contribution in [2.45, 2.75) is 39.8 Å². The molecule has 0 atom stereocenters. The fourth-order valence-corrected chi connectivity index (χ4v) is 1.55. The second-order valence-electron chi connectivity index (χ2n) is 5.33. The second-order valence-corrected chi connectivity index (χ2v) is 5.33. The monoisotopic (exact) mass is 296 g/mol. The van der Waals surface area contributed by atoms with Gasteiger partial charge in [0.2, 0.25) is 0 Å². The van der Waals surface area contributed by atoms with Crippen molar-refractivity contribution >= 4 is 11.9 Å². The van der Waals surface area contributed by atoms with E-state index in [1.54, 1.807) is 27.7 Å². The minimum Gasteiger partial charge on any atom is -0.494 e. The predicted molar refractivity (Wildman–Crippen MR) is 77.9 cm³/mol. The number of nitrogens with zero attached hydrogens (tertiary/aromatic N) is 1. The SMILES string of the molecule is C=C(OCC)c1ccnc(CNC(=O)OC(C)(C)C)c1F. The van der Waals surface area contributed by atoms with Gasteiger partial charge >= 0.3 is 6.09 Å². The van der Waals surface area contributed by atoms with Crippen molar-refractivity contribution < 1.29 is 18.7 Å². The number of nitrogens with one attached hydrogen (secondary N) is 1. The lowest BCUT2D eigenvalue weighted by Gasteiger charge is -2.19. The molecule has 0 fully saturated rings. The zero-order valence-electron chi connectivity index (χ0n) is 12.8. The first kappa shape index (κ1) is 16.9. The summed E-state index contributed by atoms with van der Waals surface area (Å²) >= 11 is 0. The molecular weight excluding hydrogens is 275 g/mol. The van der Waals surface area contributed by atoms with Gasteiger partial charge in [0, 0.05) is 6.20 Å². The van der Waals surface area contributed by atoms with Crippen LogP contribution in [0.4, 0.5) is 9.18 Å². The first-order chi connectivity index (χ1) is 9.74. The van der Waals surface area contributed by atoms with Crippen molar-refractivity contribution in [3.63, 3.8) is 0 Å². The first-order valence-corrected chi connectivity index (χ1v) is 6.67. The van der Waals surface area contributed by atoms with Crippen LogP contribution in [0, 0.1) is 5.82 Å². The van der Waals surface area contributed by atoms with Gasteiger partial charge in [-0.15, -0.1) is 0 Å². The van der Waals surface area contributed by atoms with Crippen molar-refractivity contribution in [2.24, 2.45) is 0 Å². The summed E-state index contributed by atoms with van der Waals surface area (Å²) in [4.78, 5) is 15.4. The summed E-state index contributed by atoms with van der Waals surface area (Å²) in [6.07, 6.45) is 0.812. The fraction of sp³-hybridized carbons (Fsp3) is 0.467. The van der Waals surface area contributed by atoms with Crippen LogP contribution in [0.2, 0.25) is 0 Å². The largest absolute Gasteiger partial charge is 0.494 e. The zero-order chi connectivity index (χ0) is 16.0. The molecule has 0 aliphatic heterocycles. The molecule has 1 aromatic heterocycles. The van der Waals surface area contributed by atoms with Gasteiger partial charge in [0.15, 0.2) is 5.82 Å². The van der Waals surface area contributed by atoms with Crippen molar-refractivity contribution in [2.75, 3.05) is 6.61 Å². The average molecular weight is 296 g/mol. The van der Waals surface area contributed by atoms with Crippen LogP contribution in [0.5, 0.6) is 0 Å². The van der Waals surface area contributed by atoms with E-state index in [2.05, 4.69) is 16.9 Å². The molecule has 21 heavy (non-hydrogen) atoms. The Hall–Kier alpha value is -2.11. The van der Waals surface area contributed by atoms with Gasteiger partial charge in [-0.2, -0.15) is 0 Å². The van der Waals surface area contributed by atoms with Crippen LogP contribution in [0.3, 0.4) is 0 Å². The maximum absolute atomic E-state index is 14.2. The maximum atomic E-state index is 14.2. The summed E-state index contributed by atoms with van der Waals surface area (Å²) in [5, 5.41) is 2.46. The van der Waals surface area contributed by atoms with Crippen molar-refractivity contribution in [3.8, 4) is 0 Å². The number of rotatable bonds is 5. The number of hydrogen-bond donors (Lipinski definition) is 1. The molecule has 1 amide bonds. The Balaban J connectivity index is 2.74. The summed E-state index contributed by atoms with van der Waals surface area (Å²) in [7, 11) is 0. The van der Waals surface area contributed by atoms with Gasteiger partial charge < -0.3 is 14.8 Å². The number of aromatic nitrogens is 1. The summed E-state index contributed by atoms with van der Waals surface area (Å²) in [5.41, 5.74) is -0.284. The van der Waals surface area contributed by atoms with Crippen LogP contribution in [-0.4, -0.2) is 23.3 Å². The van der Waals surface area contributed by atoms with Crippen molar-refractivity contribution in [1.82, 2.24) is 10.3 Å². The fourth-order valence-electron chi connectivity index (χ4n) is 1.55. The molecule has 0 saturated carbocycles. The van der Waals surface area contributed by atoms with E-state index in [1.165, 1.54) is 12.3 Å². The molecule has 0 bridgehead atoms. The van der Waals surface area contributed by atoms with Gasteiger partial charge in [0.05, 0.1) is 24.4 Å². The number of halogens is 1. The van der Waals surface area contributed by atoms with Crippen LogP contribution in [-0.2, 0) is 16.0 Å². The molecule has 0 radical (unpaired) electrons. The van der Waals surface area contributed by atoms with E-state index in [9.17, 15) is 9.18 Å². The molecule has 0 aliphatic rings. The third-order valence-corrected chi connectivity index (χ3v) is 2.38. The second kappa shape index (κ2) is 7.06. The van der Waals surface area contributed by atoms with E-state index >= 15 is 0 Å². The van der Waals surface area contributed by atoms with E-state index in [-0.39, 0.29) is 23.6 Å². The Morgan fingerprint density at radius 1 is 1.48 bits per heavy atom. The number of carbonyl (C=O) groups is 1. The highest BCUT2D eigenvalue weighted by atomic mass is 19.1. The van der Waals surface area contributed by atoms with Crippen molar-refractivity contribution in [3.05, 3.63) is 35.9 Å². The predicted octanol–water partition coefficient (Wildman–Crippen LogP) is 3.25. The molecule has 116 valence electrons. The molecule has 1 N–H and O–H groups in total. The lowest BCUT2D eigenvalue weighted by molar-refractivity contribution is 0.0522. The molecule has 1 heterocycles. The van der Waals surface area contributed by atoms with Crippen LogP contribution >= 0.6 is 0 Å². The Morgan fingerprint density at radius 3 is 2.71 bits per heavy atom. The Morgan fingerprint density at radius 2 is 2.14 bits per heavy atom. The standard InChI is InChI=1S/C15H21FN2O3/c1-6-20-10(2)11-7-8-17-12(13(11)16)9-18-14(19)21-15(3,4)5/h7-8H,2,6,9H2,1,3-5H3,(H,18,19). The lowest BCUT2D eigenvalue weighted by atomic mass is 10.2. The van der Waals surface area contributed by atoms with Crippen LogP contribution in [0.25, 0.3) is 5.76 Å². The number of amides is 1. The van der Waals surface area contributed by atoms with Gasteiger partial charge in [-0.3, -0.25) is 4.98 Å². The summed E-state index contributed by atoms with van der Waals surface area (Å²) in [6.45, 7) is 11.0. The molecule has 0 spiro atoms. The first-order valence-electron chi connectivity index (χ1n) is 6.67. The Kier molecular flexibility index (Phi) is 5.69. The smallest absolute Gasteiger partial charge is 0.407 e. The highest BCUT2D eigenvalue weighted by Crippen LogP contribution is 2.19. The van der Waals surface area contributed by atoms with Gasteiger partial charge in [-0.05, 0) is 33.8 Å². The number of carbonyl (C=O) groups excluding carboxylic acids is 1. The van der Waals surface area contributed by atoms with E-state index in [4.69, 9.17) is 9.47 Å². The number of pyridine rings is 1. The third kappa shape index (κ3) is 5.41. The summed E-state index contributed by atoms with van der Waals surface area (Å²) in [5.74, 6) is -0.331. The highest BCUT2D eigenvalue weighted by molar-refractivity contribution is 5.67.